The van der Waals surface area contributed by atoms with Crippen LogP contribution < -0.4 is 5.32 Å². The molecule has 152 valence electrons. The highest BCUT2D eigenvalue weighted by Gasteiger charge is 2.21. The van der Waals surface area contributed by atoms with Crippen molar-refractivity contribution in [2.75, 3.05) is 32.4 Å². The zero-order valence-electron chi connectivity index (χ0n) is 16.6. The first-order valence-corrected chi connectivity index (χ1v) is 11.7. The molecule has 0 unspecified atom stereocenters. The van der Waals surface area contributed by atoms with Gasteiger partial charge in [0.2, 0.25) is 15.9 Å². The molecule has 1 amide bonds. The summed E-state index contributed by atoms with van der Waals surface area (Å²) < 4.78 is 25.3. The van der Waals surface area contributed by atoms with E-state index in [1.54, 1.807) is 0 Å². The van der Waals surface area contributed by atoms with Gasteiger partial charge in [-0.25, -0.2) is 8.42 Å². The van der Waals surface area contributed by atoms with Crippen LogP contribution in [0.3, 0.4) is 0 Å². The number of carbonyl (C=O) groups excluding carboxylic acids is 1. The molecule has 1 aromatic rings. The lowest BCUT2D eigenvalue weighted by Gasteiger charge is -2.35. The number of amides is 1. The van der Waals surface area contributed by atoms with E-state index in [1.165, 1.54) is 30.0 Å². The van der Waals surface area contributed by atoms with Crippen LogP contribution in [0.25, 0.3) is 0 Å². The number of benzene rings is 1. The number of likely N-dealkylation sites (tertiary alicyclic amines) is 1. The number of nitrogens with zero attached hydrogens (tertiary/aromatic N) is 2. The van der Waals surface area contributed by atoms with E-state index in [2.05, 4.69) is 17.1 Å². The molecule has 0 aliphatic carbocycles. The van der Waals surface area contributed by atoms with Crippen molar-refractivity contribution < 1.29 is 13.2 Å². The molecule has 1 aliphatic rings. The van der Waals surface area contributed by atoms with Gasteiger partial charge in [0.05, 0.1) is 12.8 Å². The number of hydrogen-bond donors (Lipinski definition) is 1. The van der Waals surface area contributed by atoms with E-state index in [1.807, 2.05) is 30.3 Å². The smallest absolute Gasteiger partial charge is 0.235 e. The Balaban J connectivity index is 1.76. The molecule has 0 aromatic heterocycles. The van der Waals surface area contributed by atoms with E-state index in [0.717, 1.165) is 31.3 Å². The second-order valence-electron chi connectivity index (χ2n) is 7.31. The highest BCUT2D eigenvalue weighted by molar-refractivity contribution is 7.88. The van der Waals surface area contributed by atoms with Crippen molar-refractivity contribution in [3.8, 4) is 0 Å². The van der Waals surface area contributed by atoms with Gasteiger partial charge in [0, 0.05) is 25.7 Å². The van der Waals surface area contributed by atoms with E-state index in [-0.39, 0.29) is 19.0 Å². The summed E-state index contributed by atoms with van der Waals surface area (Å²) in [6.07, 6.45) is 7.05. The molecule has 1 aromatic carbocycles. The van der Waals surface area contributed by atoms with E-state index >= 15 is 0 Å². The van der Waals surface area contributed by atoms with Crippen LogP contribution in [0.5, 0.6) is 0 Å². The fourth-order valence-electron chi connectivity index (χ4n) is 3.62. The number of nitrogens with one attached hydrogen (secondary N) is 1. The molecule has 0 saturated carbocycles. The van der Waals surface area contributed by atoms with Crippen LogP contribution in [0.15, 0.2) is 30.3 Å². The Labute approximate surface area is 164 Å². The van der Waals surface area contributed by atoms with Crippen LogP contribution in [0.2, 0.25) is 0 Å². The lowest BCUT2D eigenvalue weighted by molar-refractivity contribution is -0.121. The Morgan fingerprint density at radius 3 is 2.67 bits per heavy atom. The third kappa shape index (κ3) is 7.60. The molecule has 1 aliphatic heterocycles. The van der Waals surface area contributed by atoms with Crippen molar-refractivity contribution in [3.63, 3.8) is 0 Å². The van der Waals surface area contributed by atoms with Crippen LogP contribution >= 0.6 is 0 Å². The third-order valence-corrected chi connectivity index (χ3v) is 6.35. The minimum Gasteiger partial charge on any atom is -0.355 e. The van der Waals surface area contributed by atoms with Gasteiger partial charge in [0.15, 0.2) is 0 Å². The minimum atomic E-state index is -3.45. The quantitative estimate of drug-likeness (QED) is 0.617. The maximum atomic E-state index is 12.2. The molecular formula is C20H33N3O3S. The van der Waals surface area contributed by atoms with Crippen LogP contribution in [0, 0.1) is 0 Å². The molecule has 0 spiro atoms. The first kappa shape index (κ1) is 21.9. The van der Waals surface area contributed by atoms with Gasteiger partial charge in [-0.1, -0.05) is 43.7 Å². The molecular weight excluding hydrogens is 362 g/mol. The van der Waals surface area contributed by atoms with Crippen molar-refractivity contribution in [2.24, 2.45) is 0 Å². The molecule has 7 heteroatoms. The largest absolute Gasteiger partial charge is 0.355 e. The van der Waals surface area contributed by atoms with Gasteiger partial charge in [-0.15, -0.1) is 0 Å². The molecule has 0 bridgehead atoms. The maximum Gasteiger partial charge on any atom is 0.235 e. The average molecular weight is 396 g/mol. The Morgan fingerprint density at radius 2 is 2.00 bits per heavy atom. The summed E-state index contributed by atoms with van der Waals surface area (Å²) in [4.78, 5) is 14.8. The Morgan fingerprint density at radius 1 is 1.26 bits per heavy atom. The predicted octanol–water partition coefficient (Wildman–Crippen LogP) is 2.22. The third-order valence-electron chi connectivity index (χ3n) is 5.16. The van der Waals surface area contributed by atoms with Crippen LogP contribution in [-0.2, 0) is 21.4 Å². The average Bonchev–Trinajstić information content (AvgIpc) is 2.65. The Kier molecular flexibility index (Phi) is 8.73. The highest BCUT2D eigenvalue weighted by atomic mass is 32.2. The fourth-order valence-corrected chi connectivity index (χ4v) is 4.36. The molecule has 2 rings (SSSR count). The predicted molar refractivity (Wildman–Crippen MR) is 109 cm³/mol. The van der Waals surface area contributed by atoms with Crippen LogP contribution in [0.1, 0.15) is 44.6 Å². The first-order chi connectivity index (χ1) is 12.9. The number of piperidine rings is 1. The fraction of sp³-hybridized carbons (Fsp3) is 0.650. The first-order valence-electron chi connectivity index (χ1n) is 9.90. The summed E-state index contributed by atoms with van der Waals surface area (Å²) in [7, 11) is -3.45. The lowest BCUT2D eigenvalue weighted by Crippen LogP contribution is -2.42. The minimum absolute atomic E-state index is 0.144. The highest BCUT2D eigenvalue weighted by Crippen LogP contribution is 2.19. The van der Waals surface area contributed by atoms with E-state index < -0.39 is 10.0 Å². The zero-order valence-corrected chi connectivity index (χ0v) is 17.4. The van der Waals surface area contributed by atoms with Gasteiger partial charge in [0.25, 0.3) is 0 Å². The number of hydrogen-bond acceptors (Lipinski definition) is 4. The van der Waals surface area contributed by atoms with Crippen molar-refractivity contribution in [3.05, 3.63) is 35.9 Å². The number of carbonyl (C=O) groups is 1. The van der Waals surface area contributed by atoms with Crippen molar-refractivity contribution in [1.82, 2.24) is 14.5 Å². The van der Waals surface area contributed by atoms with Gasteiger partial charge >= 0.3 is 0 Å². The summed E-state index contributed by atoms with van der Waals surface area (Å²) in [6, 6.07) is 9.99. The molecule has 1 heterocycles. The zero-order chi connectivity index (χ0) is 19.7. The van der Waals surface area contributed by atoms with E-state index in [9.17, 15) is 13.2 Å². The second-order valence-corrected chi connectivity index (χ2v) is 9.30. The Bertz CT molecular complexity index is 679. The molecule has 27 heavy (non-hydrogen) atoms. The van der Waals surface area contributed by atoms with Crippen LogP contribution in [-0.4, -0.2) is 62.0 Å². The SMILES string of the molecule is CC[C@H]1CCCCN1CCCNC(=O)CN(Cc1ccccc1)S(C)(=O)=O. The summed E-state index contributed by atoms with van der Waals surface area (Å²) >= 11 is 0. The summed E-state index contributed by atoms with van der Waals surface area (Å²) in [5.41, 5.74) is 0.867. The van der Waals surface area contributed by atoms with Gasteiger partial charge in [0.1, 0.15) is 0 Å². The van der Waals surface area contributed by atoms with Crippen molar-refractivity contribution in [1.29, 1.82) is 0 Å². The van der Waals surface area contributed by atoms with Crippen molar-refractivity contribution in [2.45, 2.75) is 51.6 Å². The molecule has 1 saturated heterocycles. The molecule has 1 atom stereocenters. The monoisotopic (exact) mass is 395 g/mol. The normalized spacial score (nSPS) is 18.6. The topological polar surface area (TPSA) is 69.7 Å². The van der Waals surface area contributed by atoms with E-state index in [4.69, 9.17) is 0 Å². The van der Waals surface area contributed by atoms with E-state index in [0.29, 0.717) is 12.6 Å². The molecule has 1 fully saturated rings. The standard InChI is InChI=1S/C20H33N3O3S/c1-3-19-12-7-8-14-22(19)15-9-13-21-20(24)17-23(27(2,25)26)16-18-10-5-4-6-11-18/h4-6,10-11,19H,3,7-9,12-17H2,1-2H3,(H,21,24)/t19-/m0/s1. The van der Waals surface area contributed by atoms with Crippen LogP contribution in [0.4, 0.5) is 0 Å². The van der Waals surface area contributed by atoms with Gasteiger partial charge in [-0.2, -0.15) is 4.31 Å². The van der Waals surface area contributed by atoms with Gasteiger partial charge in [-0.3, -0.25) is 4.79 Å². The molecule has 6 nitrogen and oxygen atoms in total. The summed E-state index contributed by atoms with van der Waals surface area (Å²) in [5, 5.41) is 2.87. The lowest BCUT2D eigenvalue weighted by atomic mass is 10.00. The Hall–Kier alpha value is -1.44. The van der Waals surface area contributed by atoms with Gasteiger partial charge in [-0.05, 0) is 37.8 Å². The number of rotatable bonds is 10. The summed E-state index contributed by atoms with van der Waals surface area (Å²) in [5.74, 6) is -0.248. The maximum absolute atomic E-state index is 12.2. The second kappa shape index (κ2) is 10.8. The summed E-state index contributed by atoms with van der Waals surface area (Å²) in [6.45, 7) is 5.00. The number of sulfonamides is 1. The van der Waals surface area contributed by atoms with Gasteiger partial charge < -0.3 is 10.2 Å². The molecule has 1 N–H and O–H groups in total. The molecule has 0 radical (unpaired) electrons. The van der Waals surface area contributed by atoms with Crippen molar-refractivity contribution >= 4 is 15.9 Å².